The number of amides is 1. The van der Waals surface area contributed by atoms with Gasteiger partial charge in [-0.2, -0.15) is 0 Å². The molecular formula is C24H25NO3S. The Hall–Kier alpha value is -2.92. The zero-order valence-corrected chi connectivity index (χ0v) is 17.4. The summed E-state index contributed by atoms with van der Waals surface area (Å²) in [7, 11) is -3.46. The predicted octanol–water partition coefficient (Wildman–Crippen LogP) is 4.71. The second-order valence-corrected chi connectivity index (χ2v) is 9.05. The fourth-order valence-electron chi connectivity index (χ4n) is 3.14. The maximum atomic E-state index is 12.7. The Balaban J connectivity index is 1.72. The molecule has 0 heterocycles. The van der Waals surface area contributed by atoms with E-state index in [1.54, 1.807) is 54.6 Å². The molecule has 0 fully saturated rings. The van der Waals surface area contributed by atoms with Crippen LogP contribution in [0.3, 0.4) is 0 Å². The summed E-state index contributed by atoms with van der Waals surface area (Å²) in [6.45, 7) is 4.04. The molecule has 1 amide bonds. The van der Waals surface area contributed by atoms with Gasteiger partial charge in [0.05, 0.1) is 16.7 Å². The molecule has 0 bridgehead atoms. The van der Waals surface area contributed by atoms with Crippen molar-refractivity contribution in [1.82, 2.24) is 5.32 Å². The number of aryl methyl sites for hydroxylation is 1. The Kier molecular flexibility index (Phi) is 6.49. The number of sulfone groups is 1. The standard InChI is InChI=1S/C24H25NO3S/c1-3-19-12-14-21(15-13-19)18(2)25-24(26)22-9-7-8-20(16-22)17-29(27,28)23-10-5-4-6-11-23/h4-16,18H,3,17H2,1-2H3,(H,25,26)/t18-/m0/s1. The third-order valence-corrected chi connectivity index (χ3v) is 6.59. The van der Waals surface area contributed by atoms with E-state index in [1.807, 2.05) is 19.1 Å². The zero-order chi connectivity index (χ0) is 20.9. The van der Waals surface area contributed by atoms with Gasteiger partial charge in [0.2, 0.25) is 0 Å². The van der Waals surface area contributed by atoms with Crippen LogP contribution in [0.25, 0.3) is 0 Å². The van der Waals surface area contributed by atoms with Crippen LogP contribution in [-0.2, 0) is 22.0 Å². The lowest BCUT2D eigenvalue weighted by atomic mass is 10.0. The zero-order valence-electron chi connectivity index (χ0n) is 16.6. The SMILES string of the molecule is CCc1ccc([C@H](C)NC(=O)c2cccc(CS(=O)(=O)c3ccccc3)c2)cc1. The molecule has 5 heteroatoms. The molecule has 0 radical (unpaired) electrons. The van der Waals surface area contributed by atoms with E-state index in [4.69, 9.17) is 0 Å². The maximum absolute atomic E-state index is 12.7. The monoisotopic (exact) mass is 407 g/mol. The molecule has 1 N–H and O–H groups in total. The van der Waals surface area contributed by atoms with E-state index in [9.17, 15) is 13.2 Å². The fraction of sp³-hybridized carbons (Fsp3) is 0.208. The number of benzene rings is 3. The van der Waals surface area contributed by atoms with Crippen molar-refractivity contribution in [3.8, 4) is 0 Å². The fourth-order valence-corrected chi connectivity index (χ4v) is 4.50. The van der Waals surface area contributed by atoms with E-state index in [0.717, 1.165) is 12.0 Å². The van der Waals surface area contributed by atoms with Crippen LogP contribution in [0.5, 0.6) is 0 Å². The number of carbonyl (C=O) groups excluding carboxylic acids is 1. The Bertz CT molecular complexity index is 1070. The molecule has 0 saturated carbocycles. The first-order valence-electron chi connectivity index (χ1n) is 9.65. The molecule has 0 aliphatic heterocycles. The number of hydrogen-bond acceptors (Lipinski definition) is 3. The first-order chi connectivity index (χ1) is 13.9. The normalized spacial score (nSPS) is 12.3. The number of hydrogen-bond donors (Lipinski definition) is 1. The minimum Gasteiger partial charge on any atom is -0.346 e. The van der Waals surface area contributed by atoms with E-state index >= 15 is 0 Å². The average Bonchev–Trinajstić information content (AvgIpc) is 2.74. The molecule has 3 aromatic carbocycles. The summed E-state index contributed by atoms with van der Waals surface area (Å²) >= 11 is 0. The van der Waals surface area contributed by atoms with Crippen LogP contribution in [0.15, 0.2) is 83.8 Å². The molecule has 0 aromatic heterocycles. The van der Waals surface area contributed by atoms with Gasteiger partial charge in [-0.05, 0) is 54.3 Å². The van der Waals surface area contributed by atoms with Gasteiger partial charge in [0.15, 0.2) is 9.84 Å². The largest absolute Gasteiger partial charge is 0.346 e. The second-order valence-electron chi connectivity index (χ2n) is 7.06. The molecule has 1 atom stereocenters. The van der Waals surface area contributed by atoms with Crippen molar-refractivity contribution in [2.45, 2.75) is 37.0 Å². The van der Waals surface area contributed by atoms with Crippen LogP contribution in [0, 0.1) is 0 Å². The summed E-state index contributed by atoms with van der Waals surface area (Å²) < 4.78 is 25.2. The van der Waals surface area contributed by atoms with Gasteiger partial charge in [0.25, 0.3) is 5.91 Å². The first kappa shape index (κ1) is 20.8. The Morgan fingerprint density at radius 1 is 0.897 bits per heavy atom. The molecule has 4 nitrogen and oxygen atoms in total. The highest BCUT2D eigenvalue weighted by Gasteiger charge is 2.17. The minimum atomic E-state index is -3.46. The van der Waals surface area contributed by atoms with Crippen molar-refractivity contribution in [1.29, 1.82) is 0 Å². The topological polar surface area (TPSA) is 63.2 Å². The predicted molar refractivity (Wildman–Crippen MR) is 115 cm³/mol. The maximum Gasteiger partial charge on any atom is 0.251 e. The highest BCUT2D eigenvalue weighted by atomic mass is 32.2. The second kappa shape index (κ2) is 9.05. The number of nitrogens with one attached hydrogen (secondary N) is 1. The quantitative estimate of drug-likeness (QED) is 0.617. The van der Waals surface area contributed by atoms with Gasteiger partial charge in [0, 0.05) is 5.56 Å². The molecule has 3 aromatic rings. The molecule has 0 aliphatic carbocycles. The van der Waals surface area contributed by atoms with E-state index < -0.39 is 9.84 Å². The van der Waals surface area contributed by atoms with Gasteiger partial charge in [-0.15, -0.1) is 0 Å². The molecule has 0 spiro atoms. The molecule has 0 unspecified atom stereocenters. The van der Waals surface area contributed by atoms with Crippen LogP contribution in [0.2, 0.25) is 0 Å². The van der Waals surface area contributed by atoms with Crippen molar-refractivity contribution in [2.75, 3.05) is 0 Å². The van der Waals surface area contributed by atoms with Crippen LogP contribution in [0.1, 0.15) is 46.9 Å². The summed E-state index contributed by atoms with van der Waals surface area (Å²) in [4.78, 5) is 13.0. The summed E-state index contributed by atoms with van der Waals surface area (Å²) in [5.41, 5.74) is 3.31. The third-order valence-electron chi connectivity index (χ3n) is 4.88. The highest BCUT2D eigenvalue weighted by molar-refractivity contribution is 7.90. The number of rotatable bonds is 7. The smallest absolute Gasteiger partial charge is 0.251 e. The van der Waals surface area contributed by atoms with E-state index in [2.05, 4.69) is 24.4 Å². The molecule has 29 heavy (non-hydrogen) atoms. The Labute approximate surface area is 172 Å². The van der Waals surface area contributed by atoms with Crippen molar-refractivity contribution in [3.63, 3.8) is 0 Å². The van der Waals surface area contributed by atoms with Crippen molar-refractivity contribution in [2.24, 2.45) is 0 Å². The van der Waals surface area contributed by atoms with Gasteiger partial charge in [-0.3, -0.25) is 4.79 Å². The van der Waals surface area contributed by atoms with Gasteiger partial charge < -0.3 is 5.32 Å². The Morgan fingerprint density at radius 2 is 1.59 bits per heavy atom. The van der Waals surface area contributed by atoms with Crippen LogP contribution < -0.4 is 5.32 Å². The van der Waals surface area contributed by atoms with Gasteiger partial charge >= 0.3 is 0 Å². The van der Waals surface area contributed by atoms with Crippen LogP contribution >= 0.6 is 0 Å². The number of carbonyl (C=O) groups is 1. The van der Waals surface area contributed by atoms with E-state index in [0.29, 0.717) is 11.1 Å². The summed E-state index contributed by atoms with van der Waals surface area (Å²) in [5, 5.41) is 2.98. The highest BCUT2D eigenvalue weighted by Crippen LogP contribution is 2.18. The lowest BCUT2D eigenvalue weighted by Gasteiger charge is -2.15. The lowest BCUT2D eigenvalue weighted by molar-refractivity contribution is 0.0939. The van der Waals surface area contributed by atoms with E-state index in [1.165, 1.54) is 5.56 Å². The third kappa shape index (κ3) is 5.33. The Morgan fingerprint density at radius 3 is 2.24 bits per heavy atom. The summed E-state index contributed by atoms with van der Waals surface area (Å²) in [5.74, 6) is -0.373. The van der Waals surface area contributed by atoms with Crippen molar-refractivity contribution >= 4 is 15.7 Å². The van der Waals surface area contributed by atoms with Crippen molar-refractivity contribution < 1.29 is 13.2 Å². The minimum absolute atomic E-state index is 0.147. The van der Waals surface area contributed by atoms with Gasteiger partial charge in [-0.25, -0.2) is 8.42 Å². The molecule has 0 saturated heterocycles. The van der Waals surface area contributed by atoms with Crippen LogP contribution in [-0.4, -0.2) is 14.3 Å². The molecular weight excluding hydrogens is 382 g/mol. The van der Waals surface area contributed by atoms with E-state index in [-0.39, 0.29) is 22.6 Å². The molecule has 150 valence electrons. The van der Waals surface area contributed by atoms with Crippen molar-refractivity contribution in [3.05, 3.63) is 101 Å². The average molecular weight is 408 g/mol. The molecule has 0 aliphatic rings. The van der Waals surface area contributed by atoms with Crippen LogP contribution in [0.4, 0.5) is 0 Å². The summed E-state index contributed by atoms with van der Waals surface area (Å²) in [6, 6.07) is 23.1. The van der Waals surface area contributed by atoms with Gasteiger partial charge in [0.1, 0.15) is 0 Å². The first-order valence-corrected chi connectivity index (χ1v) is 11.3. The van der Waals surface area contributed by atoms with Gasteiger partial charge in [-0.1, -0.05) is 61.5 Å². The lowest BCUT2D eigenvalue weighted by Crippen LogP contribution is -2.26. The summed E-state index contributed by atoms with van der Waals surface area (Å²) in [6.07, 6.45) is 0.972. The molecule has 3 rings (SSSR count).